The molecule has 1 amide bonds. The largest absolute Gasteiger partial charge is 0.550 e. The van der Waals surface area contributed by atoms with Gasteiger partial charge in [0.25, 0.3) is 0 Å². The Morgan fingerprint density at radius 3 is 2.90 bits per heavy atom. The lowest BCUT2D eigenvalue weighted by Crippen LogP contribution is -2.45. The summed E-state index contributed by atoms with van der Waals surface area (Å²) in [7, 11) is 0. The maximum absolute atomic E-state index is 13.9. The molecule has 4 atom stereocenters. The molecule has 3 aliphatic heterocycles. The van der Waals surface area contributed by atoms with E-state index in [-0.39, 0.29) is 12.2 Å². The predicted octanol–water partition coefficient (Wildman–Crippen LogP) is -0.138. The molecule has 3 heterocycles. The average Bonchev–Trinajstić information content (AvgIpc) is 3.08. The van der Waals surface area contributed by atoms with Gasteiger partial charge < -0.3 is 19.5 Å². The summed E-state index contributed by atoms with van der Waals surface area (Å²) in [6.07, 6.45) is 2.74. The number of rotatable bonds is 2. The van der Waals surface area contributed by atoms with E-state index in [9.17, 15) is 19.1 Å². The van der Waals surface area contributed by atoms with E-state index in [1.807, 2.05) is 0 Å². The second-order valence-electron chi connectivity index (χ2n) is 5.59. The van der Waals surface area contributed by atoms with Gasteiger partial charge in [-0.05, 0) is 12.1 Å². The number of fused-ring (bicyclic) bond motifs is 1. The lowest BCUT2D eigenvalue weighted by Gasteiger charge is -2.24. The number of nitrogens with zero attached hydrogens (tertiary/aromatic N) is 1. The maximum atomic E-state index is 13.9. The van der Waals surface area contributed by atoms with Gasteiger partial charge in [0.05, 0.1) is 24.3 Å². The van der Waals surface area contributed by atoms with Gasteiger partial charge in [-0.15, -0.1) is 0 Å². The van der Waals surface area contributed by atoms with Gasteiger partial charge in [-0.3, -0.25) is 4.79 Å². The van der Waals surface area contributed by atoms with E-state index in [1.165, 1.54) is 23.1 Å². The molecule has 1 aromatic rings. The van der Waals surface area contributed by atoms with Crippen LogP contribution in [0.3, 0.4) is 0 Å². The van der Waals surface area contributed by atoms with Crippen molar-refractivity contribution < 1.29 is 23.8 Å². The van der Waals surface area contributed by atoms with Gasteiger partial charge >= 0.3 is 0 Å². The van der Waals surface area contributed by atoms with Gasteiger partial charge in [0, 0.05) is 11.9 Å². The molecule has 1 aromatic carbocycles. The van der Waals surface area contributed by atoms with Crippen molar-refractivity contribution in [2.24, 2.45) is 11.8 Å². The molecule has 3 aliphatic rings. The summed E-state index contributed by atoms with van der Waals surface area (Å²) in [6.45, 7) is 0.119. The van der Waals surface area contributed by atoms with Crippen LogP contribution in [-0.2, 0) is 14.3 Å². The third kappa shape index (κ3) is 1.48. The first-order valence-electron chi connectivity index (χ1n) is 6.67. The highest BCUT2D eigenvalue weighted by Crippen LogP contribution is 2.52. The van der Waals surface area contributed by atoms with E-state index >= 15 is 0 Å². The van der Waals surface area contributed by atoms with Crippen molar-refractivity contribution in [1.82, 2.24) is 0 Å². The lowest BCUT2D eigenvalue weighted by atomic mass is 9.77. The minimum Gasteiger partial charge on any atom is -0.550 e. The van der Waals surface area contributed by atoms with Crippen LogP contribution >= 0.6 is 0 Å². The minimum absolute atomic E-state index is 0.119. The van der Waals surface area contributed by atoms with Crippen LogP contribution in [0.5, 0.6) is 0 Å². The number of aliphatic carboxylic acids is 1. The molecule has 2 saturated heterocycles. The highest BCUT2D eigenvalue weighted by Gasteiger charge is 2.65. The molecule has 0 unspecified atom stereocenters. The number of hydrogen-bond acceptors (Lipinski definition) is 4. The van der Waals surface area contributed by atoms with E-state index in [0.29, 0.717) is 0 Å². The first-order chi connectivity index (χ1) is 10.0. The molecule has 0 aromatic heterocycles. The number of carboxylic acids is 1. The number of benzene rings is 1. The van der Waals surface area contributed by atoms with Crippen LogP contribution in [-0.4, -0.2) is 30.1 Å². The van der Waals surface area contributed by atoms with E-state index in [0.717, 1.165) is 0 Å². The van der Waals surface area contributed by atoms with Crippen molar-refractivity contribution in [2.75, 3.05) is 11.4 Å². The molecular weight excluding hydrogens is 277 g/mol. The van der Waals surface area contributed by atoms with Gasteiger partial charge in [-0.25, -0.2) is 4.39 Å². The summed E-state index contributed by atoms with van der Waals surface area (Å²) in [5.74, 6) is -4.12. The van der Waals surface area contributed by atoms with Crippen molar-refractivity contribution >= 4 is 17.6 Å². The molecule has 1 spiro atoms. The second-order valence-corrected chi connectivity index (χ2v) is 5.59. The molecule has 0 saturated carbocycles. The van der Waals surface area contributed by atoms with E-state index in [1.54, 1.807) is 18.2 Å². The first-order valence-corrected chi connectivity index (χ1v) is 6.67. The number of amides is 1. The molecule has 0 radical (unpaired) electrons. The van der Waals surface area contributed by atoms with Crippen LogP contribution in [0, 0.1) is 17.7 Å². The van der Waals surface area contributed by atoms with Crippen LogP contribution in [0.2, 0.25) is 0 Å². The number of halogens is 1. The van der Waals surface area contributed by atoms with Gasteiger partial charge in [0.15, 0.2) is 0 Å². The number of carbonyl (C=O) groups excluding carboxylic acids is 2. The van der Waals surface area contributed by atoms with Crippen LogP contribution < -0.4 is 10.0 Å². The monoisotopic (exact) mass is 288 g/mol. The summed E-state index contributed by atoms with van der Waals surface area (Å²) >= 11 is 0. The first kappa shape index (κ1) is 12.5. The normalized spacial score (nSPS) is 36.3. The fourth-order valence-corrected chi connectivity index (χ4v) is 3.64. The van der Waals surface area contributed by atoms with Gasteiger partial charge in [0.1, 0.15) is 11.4 Å². The highest BCUT2D eigenvalue weighted by atomic mass is 19.1. The Morgan fingerprint density at radius 1 is 1.43 bits per heavy atom. The average molecular weight is 288 g/mol. The summed E-state index contributed by atoms with van der Waals surface area (Å²) in [4.78, 5) is 25.2. The zero-order valence-corrected chi connectivity index (χ0v) is 10.9. The molecule has 2 bridgehead atoms. The fourth-order valence-electron chi connectivity index (χ4n) is 3.64. The number of anilines is 1. The van der Waals surface area contributed by atoms with Gasteiger partial charge in [0.2, 0.25) is 5.91 Å². The zero-order chi connectivity index (χ0) is 14.8. The molecule has 0 N–H and O–H groups in total. The third-order valence-electron chi connectivity index (χ3n) is 4.52. The standard InChI is InChI=1S/C15H12FNO4/c16-8-3-1-2-4-9(8)17-7-15-6-5-10(21-15)11(14(19)20)12(15)13(17)18/h1-6,10-12H,7H2,(H,19,20)/p-1/t10-,11-,12+,15-/m0/s1. The molecular formula is C15H11FNO4-. The predicted molar refractivity (Wildman–Crippen MR) is 67.5 cm³/mol. The van der Waals surface area contributed by atoms with Crippen molar-refractivity contribution in [2.45, 2.75) is 11.7 Å². The Bertz CT molecular complexity index is 688. The number of ether oxygens (including phenoxy) is 1. The summed E-state index contributed by atoms with van der Waals surface area (Å²) in [5, 5.41) is 11.3. The van der Waals surface area contributed by atoms with Crippen molar-refractivity contribution in [1.29, 1.82) is 0 Å². The van der Waals surface area contributed by atoms with Crippen LogP contribution in [0.1, 0.15) is 0 Å². The molecule has 5 nitrogen and oxygen atoms in total. The summed E-state index contributed by atoms with van der Waals surface area (Å²) < 4.78 is 19.6. The summed E-state index contributed by atoms with van der Waals surface area (Å²) in [5.41, 5.74) is -0.835. The van der Waals surface area contributed by atoms with Gasteiger partial charge in [-0.2, -0.15) is 0 Å². The zero-order valence-electron chi connectivity index (χ0n) is 10.9. The molecule has 0 aliphatic carbocycles. The topological polar surface area (TPSA) is 69.7 Å². The van der Waals surface area contributed by atoms with Crippen molar-refractivity contribution in [3.05, 3.63) is 42.2 Å². The SMILES string of the molecule is O=C([O-])[C@H]1[C@@H]2C=C[C@@]3(CN(c4ccccc4F)C(=O)[C@@H]13)O2. The molecule has 108 valence electrons. The Balaban J connectivity index is 1.78. The molecule has 4 rings (SSSR count). The Morgan fingerprint density at radius 2 is 2.19 bits per heavy atom. The van der Waals surface area contributed by atoms with E-state index in [4.69, 9.17) is 4.74 Å². The molecule has 6 heteroatoms. The third-order valence-corrected chi connectivity index (χ3v) is 4.52. The van der Waals surface area contributed by atoms with Gasteiger partial charge in [-0.1, -0.05) is 24.3 Å². The van der Waals surface area contributed by atoms with E-state index < -0.39 is 41.2 Å². The number of para-hydroxylation sites is 1. The quantitative estimate of drug-likeness (QED) is 0.710. The van der Waals surface area contributed by atoms with Crippen LogP contribution in [0.4, 0.5) is 10.1 Å². The summed E-state index contributed by atoms with van der Waals surface area (Å²) in [6, 6.07) is 5.92. The number of hydrogen-bond donors (Lipinski definition) is 0. The van der Waals surface area contributed by atoms with Crippen molar-refractivity contribution in [3.63, 3.8) is 0 Å². The lowest BCUT2D eigenvalue weighted by molar-refractivity contribution is -0.313. The van der Waals surface area contributed by atoms with Crippen molar-refractivity contribution in [3.8, 4) is 0 Å². The fraction of sp³-hybridized carbons (Fsp3) is 0.333. The number of carbonyl (C=O) groups is 2. The minimum atomic E-state index is -1.31. The highest BCUT2D eigenvalue weighted by molar-refractivity contribution is 6.02. The Labute approximate surface area is 119 Å². The van der Waals surface area contributed by atoms with E-state index in [2.05, 4.69) is 0 Å². The maximum Gasteiger partial charge on any atom is 0.234 e. The Hall–Kier alpha value is -2.21. The molecule has 2 fully saturated rings. The smallest absolute Gasteiger partial charge is 0.234 e. The number of carboxylic acid groups (broad SMARTS) is 1. The van der Waals surface area contributed by atoms with Crippen LogP contribution in [0.15, 0.2) is 36.4 Å². The Kier molecular flexibility index (Phi) is 2.34. The second kappa shape index (κ2) is 3.92. The molecule has 21 heavy (non-hydrogen) atoms. The van der Waals surface area contributed by atoms with Crippen LogP contribution in [0.25, 0.3) is 0 Å².